The van der Waals surface area contributed by atoms with Crippen LogP contribution in [0.3, 0.4) is 0 Å². The summed E-state index contributed by atoms with van der Waals surface area (Å²) in [5.74, 6) is -0.742. The van der Waals surface area contributed by atoms with Gasteiger partial charge in [0.1, 0.15) is 6.54 Å². The molecule has 0 fully saturated rings. The van der Waals surface area contributed by atoms with E-state index in [1.165, 1.54) is 0 Å². The van der Waals surface area contributed by atoms with Gasteiger partial charge in [-0.15, -0.1) is 0 Å². The van der Waals surface area contributed by atoms with Crippen LogP contribution < -0.4 is 16.0 Å². The SMILES string of the molecule is Cc1nn(-c2ccccc2)c(C)c1C[NH+](C)CC(=O)NCC(N)=O. The molecule has 1 heterocycles. The molecule has 1 aromatic carbocycles. The Balaban J connectivity index is 2.06. The van der Waals surface area contributed by atoms with Crippen molar-refractivity contribution in [3.63, 3.8) is 0 Å². The Morgan fingerprint density at radius 3 is 2.54 bits per heavy atom. The lowest BCUT2D eigenvalue weighted by Crippen LogP contribution is -3.09. The van der Waals surface area contributed by atoms with Gasteiger partial charge >= 0.3 is 0 Å². The molecule has 2 aromatic rings. The van der Waals surface area contributed by atoms with Crippen molar-refractivity contribution in [1.29, 1.82) is 0 Å². The third kappa shape index (κ3) is 4.42. The van der Waals surface area contributed by atoms with Gasteiger partial charge in [0, 0.05) is 0 Å². The summed E-state index contributed by atoms with van der Waals surface area (Å²) in [6.45, 7) is 4.82. The van der Waals surface area contributed by atoms with Crippen molar-refractivity contribution in [3.05, 3.63) is 47.3 Å². The number of amides is 2. The molecule has 0 aliphatic rings. The molecule has 2 amide bonds. The predicted molar refractivity (Wildman–Crippen MR) is 90.7 cm³/mol. The number of hydrogen-bond acceptors (Lipinski definition) is 3. The molecule has 0 saturated heterocycles. The summed E-state index contributed by atoms with van der Waals surface area (Å²) in [7, 11) is 1.93. The number of hydrogen-bond donors (Lipinski definition) is 3. The van der Waals surface area contributed by atoms with Gasteiger partial charge in [-0.1, -0.05) is 18.2 Å². The molecule has 7 heteroatoms. The fourth-order valence-electron chi connectivity index (χ4n) is 2.64. The van der Waals surface area contributed by atoms with E-state index in [9.17, 15) is 9.59 Å². The van der Waals surface area contributed by atoms with Crippen molar-refractivity contribution in [2.75, 3.05) is 20.1 Å². The molecule has 24 heavy (non-hydrogen) atoms. The highest BCUT2D eigenvalue weighted by atomic mass is 16.2. The minimum absolute atomic E-state index is 0.129. The van der Waals surface area contributed by atoms with Gasteiger partial charge in [-0.05, 0) is 26.0 Å². The van der Waals surface area contributed by atoms with Gasteiger partial charge in [0.05, 0.1) is 36.2 Å². The van der Waals surface area contributed by atoms with E-state index in [-0.39, 0.29) is 19.0 Å². The summed E-state index contributed by atoms with van der Waals surface area (Å²) in [4.78, 5) is 23.5. The second-order valence-electron chi connectivity index (χ2n) is 5.95. The Bertz CT molecular complexity index is 724. The van der Waals surface area contributed by atoms with Crippen molar-refractivity contribution < 1.29 is 14.5 Å². The predicted octanol–water partition coefficient (Wildman–Crippen LogP) is -0.895. The number of para-hydroxylation sites is 1. The van der Waals surface area contributed by atoms with Gasteiger partial charge in [0.15, 0.2) is 6.54 Å². The monoisotopic (exact) mass is 330 g/mol. The number of aromatic nitrogens is 2. The van der Waals surface area contributed by atoms with E-state index in [0.717, 1.165) is 27.5 Å². The molecule has 7 nitrogen and oxygen atoms in total. The fraction of sp³-hybridized carbons (Fsp3) is 0.353. The van der Waals surface area contributed by atoms with Crippen molar-refractivity contribution in [3.8, 4) is 5.69 Å². The first kappa shape index (κ1) is 17.7. The Labute approximate surface area is 141 Å². The van der Waals surface area contributed by atoms with E-state index in [2.05, 4.69) is 10.4 Å². The minimum Gasteiger partial charge on any atom is -0.368 e. The number of likely N-dealkylation sites (N-methyl/N-ethyl adjacent to an activating group) is 1. The van der Waals surface area contributed by atoms with Crippen LogP contribution in [0.5, 0.6) is 0 Å². The molecule has 0 spiro atoms. The van der Waals surface area contributed by atoms with Gasteiger partial charge in [-0.2, -0.15) is 5.10 Å². The molecule has 2 rings (SSSR count). The quantitative estimate of drug-likeness (QED) is 0.614. The Hall–Kier alpha value is -2.67. The van der Waals surface area contributed by atoms with Crippen LogP contribution in [0, 0.1) is 13.8 Å². The average Bonchev–Trinajstić information content (AvgIpc) is 2.82. The Morgan fingerprint density at radius 2 is 1.92 bits per heavy atom. The Kier molecular flexibility index (Phi) is 5.70. The van der Waals surface area contributed by atoms with E-state index in [1.807, 2.05) is 55.9 Å². The highest BCUT2D eigenvalue weighted by molar-refractivity contribution is 5.84. The van der Waals surface area contributed by atoms with E-state index in [0.29, 0.717) is 6.54 Å². The summed E-state index contributed by atoms with van der Waals surface area (Å²) in [6.07, 6.45) is 0. The van der Waals surface area contributed by atoms with E-state index >= 15 is 0 Å². The van der Waals surface area contributed by atoms with E-state index < -0.39 is 5.91 Å². The first-order valence-electron chi connectivity index (χ1n) is 7.85. The summed E-state index contributed by atoms with van der Waals surface area (Å²) >= 11 is 0. The van der Waals surface area contributed by atoms with Crippen LogP contribution >= 0.6 is 0 Å². The van der Waals surface area contributed by atoms with Crippen molar-refractivity contribution in [1.82, 2.24) is 15.1 Å². The van der Waals surface area contributed by atoms with Crippen molar-refractivity contribution >= 4 is 11.8 Å². The van der Waals surface area contributed by atoms with Crippen LogP contribution in [0.25, 0.3) is 5.69 Å². The lowest BCUT2D eigenvalue weighted by atomic mass is 10.2. The first-order valence-corrected chi connectivity index (χ1v) is 7.85. The summed E-state index contributed by atoms with van der Waals surface area (Å²) < 4.78 is 1.92. The number of aryl methyl sites for hydroxylation is 1. The second-order valence-corrected chi connectivity index (χ2v) is 5.95. The summed E-state index contributed by atoms with van der Waals surface area (Å²) in [6, 6.07) is 9.95. The number of carbonyl (C=O) groups excluding carboxylic acids is 2. The van der Waals surface area contributed by atoms with Crippen LogP contribution in [0.15, 0.2) is 30.3 Å². The zero-order valence-electron chi connectivity index (χ0n) is 14.3. The van der Waals surface area contributed by atoms with Gasteiger partial charge in [0.25, 0.3) is 5.91 Å². The normalized spacial score (nSPS) is 12.0. The van der Waals surface area contributed by atoms with Gasteiger partial charge in [-0.25, -0.2) is 4.68 Å². The number of nitrogens with one attached hydrogen (secondary N) is 2. The zero-order valence-corrected chi connectivity index (χ0v) is 14.3. The average molecular weight is 330 g/mol. The van der Waals surface area contributed by atoms with E-state index in [4.69, 9.17) is 5.73 Å². The second kappa shape index (κ2) is 7.74. The molecule has 1 atom stereocenters. The van der Waals surface area contributed by atoms with Gasteiger partial charge in [-0.3, -0.25) is 9.59 Å². The molecular weight excluding hydrogens is 306 g/mol. The molecule has 128 valence electrons. The maximum atomic E-state index is 11.8. The van der Waals surface area contributed by atoms with Crippen molar-refractivity contribution in [2.24, 2.45) is 5.73 Å². The third-order valence-corrected chi connectivity index (χ3v) is 3.84. The molecule has 4 N–H and O–H groups in total. The van der Waals surface area contributed by atoms with Crippen LogP contribution in [0.1, 0.15) is 17.0 Å². The highest BCUT2D eigenvalue weighted by Crippen LogP contribution is 2.16. The van der Waals surface area contributed by atoms with Crippen LogP contribution in [0.4, 0.5) is 0 Å². The van der Waals surface area contributed by atoms with Crippen LogP contribution in [-0.4, -0.2) is 41.7 Å². The number of carbonyl (C=O) groups is 2. The first-order chi connectivity index (χ1) is 11.4. The maximum Gasteiger partial charge on any atom is 0.275 e. The zero-order chi connectivity index (χ0) is 17.7. The minimum atomic E-state index is -0.545. The fourth-order valence-corrected chi connectivity index (χ4v) is 2.64. The largest absolute Gasteiger partial charge is 0.368 e. The third-order valence-electron chi connectivity index (χ3n) is 3.84. The van der Waals surface area contributed by atoms with Crippen molar-refractivity contribution in [2.45, 2.75) is 20.4 Å². The number of benzene rings is 1. The summed E-state index contributed by atoms with van der Waals surface area (Å²) in [5.41, 5.74) is 9.18. The topological polar surface area (TPSA) is 94.4 Å². The lowest BCUT2D eigenvalue weighted by molar-refractivity contribution is -0.885. The highest BCUT2D eigenvalue weighted by Gasteiger charge is 2.18. The molecule has 0 radical (unpaired) electrons. The van der Waals surface area contributed by atoms with Gasteiger partial charge in [0.2, 0.25) is 5.91 Å². The molecule has 0 saturated carbocycles. The standard InChI is InChI=1S/C17H23N5O2/c1-12-15(10-21(3)11-17(24)19-9-16(18)23)13(2)22(20-12)14-7-5-4-6-8-14/h4-8H,9-11H2,1-3H3,(H2,18,23)(H,19,24)/p+1. The summed E-state index contributed by atoms with van der Waals surface area (Å²) in [5, 5.41) is 7.12. The van der Waals surface area contributed by atoms with Crippen LogP contribution in [-0.2, 0) is 16.1 Å². The smallest absolute Gasteiger partial charge is 0.275 e. The number of nitrogens with zero attached hydrogens (tertiary/aromatic N) is 2. The maximum absolute atomic E-state index is 11.8. The van der Waals surface area contributed by atoms with Gasteiger partial charge < -0.3 is 16.0 Å². The molecule has 0 aliphatic heterocycles. The van der Waals surface area contributed by atoms with Crippen LogP contribution in [0.2, 0.25) is 0 Å². The number of rotatable bonds is 7. The molecule has 0 bridgehead atoms. The number of primary amides is 1. The lowest BCUT2D eigenvalue weighted by Gasteiger charge is -2.14. The Morgan fingerprint density at radius 1 is 1.25 bits per heavy atom. The number of quaternary nitrogens is 1. The molecule has 1 unspecified atom stereocenters. The molecule has 1 aromatic heterocycles. The molecular formula is C17H24N5O2+. The van der Waals surface area contributed by atoms with E-state index in [1.54, 1.807) is 0 Å². The number of nitrogens with two attached hydrogens (primary N) is 1. The molecule has 0 aliphatic carbocycles.